The van der Waals surface area contributed by atoms with Crippen molar-refractivity contribution in [3.63, 3.8) is 0 Å². The Morgan fingerprint density at radius 1 is 0.949 bits per heavy atom. The van der Waals surface area contributed by atoms with E-state index >= 15 is 0 Å². The Morgan fingerprint density at radius 3 is 2.31 bits per heavy atom. The number of nitrogens with zero attached hydrogens (tertiary/aromatic N) is 4. The largest absolute Gasteiger partial charge is 0.416 e. The minimum Gasteiger partial charge on any atom is -0.381 e. The van der Waals surface area contributed by atoms with E-state index in [1.165, 1.54) is 6.07 Å². The van der Waals surface area contributed by atoms with Gasteiger partial charge in [-0.05, 0) is 56.0 Å². The minimum atomic E-state index is -4.39. The second kappa shape index (κ2) is 10.1. The molecule has 8 heteroatoms. The lowest BCUT2D eigenvalue weighted by atomic mass is 9.81. The molecule has 0 amide bonds. The highest BCUT2D eigenvalue weighted by molar-refractivity contribution is 5.68. The van der Waals surface area contributed by atoms with Crippen LogP contribution < -0.4 is 9.80 Å². The molecule has 39 heavy (non-hydrogen) atoms. The van der Waals surface area contributed by atoms with Crippen LogP contribution in [0.5, 0.6) is 0 Å². The summed E-state index contributed by atoms with van der Waals surface area (Å²) in [5, 5.41) is 0. The lowest BCUT2D eigenvalue weighted by Gasteiger charge is -2.45. The number of alkyl halides is 3. The van der Waals surface area contributed by atoms with Crippen molar-refractivity contribution in [1.29, 1.82) is 0 Å². The zero-order valence-electron chi connectivity index (χ0n) is 23.6. The number of anilines is 2. The molecule has 2 aromatic carbocycles. The minimum absolute atomic E-state index is 0.0877. The van der Waals surface area contributed by atoms with Crippen molar-refractivity contribution < 1.29 is 17.9 Å². The van der Waals surface area contributed by atoms with E-state index in [0.717, 1.165) is 70.7 Å². The fourth-order valence-corrected chi connectivity index (χ4v) is 6.22. The Kier molecular flexibility index (Phi) is 7.12. The van der Waals surface area contributed by atoms with Crippen LogP contribution >= 0.6 is 0 Å². The predicted molar refractivity (Wildman–Crippen MR) is 149 cm³/mol. The zero-order valence-corrected chi connectivity index (χ0v) is 23.6. The molecule has 0 aliphatic carbocycles. The monoisotopic (exact) mass is 538 g/mol. The topological polar surface area (TPSA) is 41.5 Å². The number of benzene rings is 2. The molecule has 0 radical (unpaired) electrons. The van der Waals surface area contributed by atoms with Gasteiger partial charge in [0.25, 0.3) is 0 Å². The van der Waals surface area contributed by atoms with Crippen LogP contribution in [0.25, 0.3) is 11.4 Å². The lowest BCUT2D eigenvalue weighted by molar-refractivity contribution is -0.137. The van der Waals surface area contributed by atoms with Crippen molar-refractivity contribution >= 4 is 11.5 Å². The van der Waals surface area contributed by atoms with Crippen LogP contribution in [-0.4, -0.2) is 42.8 Å². The third-order valence-electron chi connectivity index (χ3n) is 8.34. The van der Waals surface area contributed by atoms with Gasteiger partial charge >= 0.3 is 6.18 Å². The lowest BCUT2D eigenvalue weighted by Crippen LogP contribution is -2.50. The first kappa shape index (κ1) is 27.4. The summed E-state index contributed by atoms with van der Waals surface area (Å²) in [6, 6.07) is 10.2. The van der Waals surface area contributed by atoms with E-state index in [9.17, 15) is 13.2 Å². The number of fused-ring (bicyclic) bond motifs is 1. The molecule has 5 nitrogen and oxygen atoms in total. The fourth-order valence-electron chi connectivity index (χ4n) is 6.22. The van der Waals surface area contributed by atoms with Gasteiger partial charge in [-0.3, -0.25) is 0 Å². The Hall–Kier alpha value is -3.13. The van der Waals surface area contributed by atoms with E-state index in [1.54, 1.807) is 13.2 Å². The zero-order chi connectivity index (χ0) is 28.1. The first-order valence-electron chi connectivity index (χ1n) is 13.6. The summed E-state index contributed by atoms with van der Waals surface area (Å²) in [5.41, 5.74) is 5.98. The molecular weight excluding hydrogens is 501 g/mol. The first-order chi connectivity index (χ1) is 18.4. The Bertz CT molecular complexity index is 1360. The van der Waals surface area contributed by atoms with E-state index in [-0.39, 0.29) is 11.5 Å². The van der Waals surface area contributed by atoms with Crippen molar-refractivity contribution in [2.45, 2.75) is 66.3 Å². The molecule has 1 fully saturated rings. The van der Waals surface area contributed by atoms with Gasteiger partial charge in [0, 0.05) is 61.9 Å². The number of piperidine rings is 1. The summed E-state index contributed by atoms with van der Waals surface area (Å²) in [6.07, 6.45) is -2.73. The van der Waals surface area contributed by atoms with Gasteiger partial charge in [-0.15, -0.1) is 0 Å². The highest BCUT2D eigenvalue weighted by Gasteiger charge is 2.38. The van der Waals surface area contributed by atoms with Crippen LogP contribution in [-0.2, 0) is 23.9 Å². The molecule has 0 N–H and O–H groups in total. The second-order valence-corrected chi connectivity index (χ2v) is 11.7. The maximum atomic E-state index is 13.6. The summed E-state index contributed by atoms with van der Waals surface area (Å²) < 4.78 is 46.5. The normalized spacial score (nSPS) is 19.3. The third-order valence-corrected chi connectivity index (χ3v) is 8.34. The second-order valence-electron chi connectivity index (χ2n) is 11.7. The van der Waals surface area contributed by atoms with E-state index < -0.39 is 11.7 Å². The third kappa shape index (κ3) is 5.23. The number of methoxy groups -OCH3 is 1. The highest BCUT2D eigenvalue weighted by atomic mass is 19.4. The maximum absolute atomic E-state index is 13.6. The smallest absolute Gasteiger partial charge is 0.381 e. The molecule has 1 atom stereocenters. The van der Waals surface area contributed by atoms with Crippen molar-refractivity contribution in [3.8, 4) is 11.4 Å². The molecule has 1 saturated heterocycles. The molecule has 0 bridgehead atoms. The number of halogens is 3. The standard InChI is InChI=1S/C31H37F3N4O/c1-19-10-11-22(31(32,33)34)16-25(19)37-14-12-24-23(17-37)29(38-15-13-26(39-6)30(4,5)18-38)36-28(35-24)27-20(2)8-7-9-21(27)3/h7-11,16,26H,12-15,17-18H2,1-6H3/t26-/m1/s1. The quantitative estimate of drug-likeness (QED) is 0.361. The van der Waals surface area contributed by atoms with Crippen molar-refractivity contribution in [2.75, 3.05) is 36.5 Å². The van der Waals surface area contributed by atoms with Gasteiger partial charge in [0.05, 0.1) is 17.4 Å². The summed E-state index contributed by atoms with van der Waals surface area (Å²) >= 11 is 0. The number of hydrogen-bond donors (Lipinski definition) is 0. The van der Waals surface area contributed by atoms with Crippen LogP contribution in [0, 0.1) is 26.2 Å². The van der Waals surface area contributed by atoms with Crippen LogP contribution in [0.3, 0.4) is 0 Å². The Labute approximate surface area is 229 Å². The van der Waals surface area contributed by atoms with Gasteiger partial charge in [-0.1, -0.05) is 38.1 Å². The molecule has 208 valence electrons. The van der Waals surface area contributed by atoms with Gasteiger partial charge in [0.1, 0.15) is 5.82 Å². The molecule has 0 saturated carbocycles. The van der Waals surface area contributed by atoms with Crippen molar-refractivity contribution in [2.24, 2.45) is 5.41 Å². The SMILES string of the molecule is CO[C@@H]1CCN(c2nc(-c3c(C)cccc3C)nc3c2CN(c2cc(C(F)(F)F)ccc2C)CC3)CC1(C)C. The molecular formula is C31H37F3N4O. The molecule has 0 unspecified atom stereocenters. The summed E-state index contributed by atoms with van der Waals surface area (Å²) in [7, 11) is 1.77. The van der Waals surface area contributed by atoms with Crippen LogP contribution in [0.4, 0.5) is 24.7 Å². The number of ether oxygens (including phenoxy) is 1. The predicted octanol–water partition coefficient (Wildman–Crippen LogP) is 6.90. The number of aromatic nitrogens is 2. The molecule has 3 heterocycles. The van der Waals surface area contributed by atoms with Gasteiger partial charge in [0.15, 0.2) is 5.82 Å². The highest BCUT2D eigenvalue weighted by Crippen LogP contribution is 2.40. The maximum Gasteiger partial charge on any atom is 0.416 e. The fraction of sp³-hybridized carbons (Fsp3) is 0.484. The first-order valence-corrected chi connectivity index (χ1v) is 13.6. The van der Waals surface area contributed by atoms with Gasteiger partial charge in [-0.2, -0.15) is 13.2 Å². The number of hydrogen-bond acceptors (Lipinski definition) is 5. The summed E-state index contributed by atoms with van der Waals surface area (Å²) in [5.74, 6) is 1.60. The van der Waals surface area contributed by atoms with Gasteiger partial charge < -0.3 is 14.5 Å². The van der Waals surface area contributed by atoms with Crippen molar-refractivity contribution in [1.82, 2.24) is 9.97 Å². The van der Waals surface area contributed by atoms with E-state index in [2.05, 4.69) is 44.7 Å². The molecule has 2 aliphatic heterocycles. The van der Waals surface area contributed by atoms with Gasteiger partial charge in [0.2, 0.25) is 0 Å². The van der Waals surface area contributed by atoms with Crippen LogP contribution in [0.2, 0.25) is 0 Å². The average Bonchev–Trinajstić information content (AvgIpc) is 2.87. The summed E-state index contributed by atoms with van der Waals surface area (Å²) in [4.78, 5) is 14.6. The molecule has 3 aromatic rings. The number of aryl methyl sites for hydroxylation is 3. The van der Waals surface area contributed by atoms with E-state index in [1.807, 2.05) is 17.9 Å². The number of rotatable bonds is 4. The van der Waals surface area contributed by atoms with Crippen LogP contribution in [0.15, 0.2) is 36.4 Å². The van der Waals surface area contributed by atoms with Crippen molar-refractivity contribution in [3.05, 3.63) is 69.9 Å². The Morgan fingerprint density at radius 2 is 1.67 bits per heavy atom. The van der Waals surface area contributed by atoms with Gasteiger partial charge in [-0.25, -0.2) is 9.97 Å². The molecule has 2 aliphatic rings. The van der Waals surface area contributed by atoms with E-state index in [0.29, 0.717) is 25.2 Å². The average molecular weight is 539 g/mol. The molecule has 1 aromatic heterocycles. The van der Waals surface area contributed by atoms with E-state index in [4.69, 9.17) is 14.7 Å². The molecule has 0 spiro atoms. The summed E-state index contributed by atoms with van der Waals surface area (Å²) in [6.45, 7) is 13.1. The Balaban J connectivity index is 1.61. The van der Waals surface area contributed by atoms with Crippen LogP contribution in [0.1, 0.15) is 53.8 Å². The molecule has 5 rings (SSSR count).